The van der Waals surface area contributed by atoms with Gasteiger partial charge in [-0.1, -0.05) is 6.07 Å². The van der Waals surface area contributed by atoms with Crippen LogP contribution in [0.4, 0.5) is 13.2 Å². The number of benzene rings is 1. The molecule has 8 heteroatoms. The smallest absolute Gasteiger partial charge is 0.478 e. The average Bonchev–Trinajstić information content (AvgIpc) is 2.14. The number of rotatable bonds is 3. The number of carboxylic acid groups (broad SMARTS) is 1. The topological polar surface area (TPSA) is 55.8 Å². The third-order valence-corrected chi connectivity index (χ3v) is 1.95. The molecule has 0 bridgehead atoms. The lowest BCUT2D eigenvalue weighted by Gasteiger charge is -2.12. The molecule has 0 heterocycles. The standard InChI is InChI=1S/C8H4F3IO4/c9-8(10,11)15-5-3-1-2-4(7(13)14)6(5)16-12/h1-3H,(H,13,14). The molecule has 0 saturated carbocycles. The van der Waals surface area contributed by atoms with Gasteiger partial charge in [-0.2, -0.15) is 0 Å². The first-order valence-electron chi connectivity index (χ1n) is 3.76. The maximum absolute atomic E-state index is 12.0. The van der Waals surface area contributed by atoms with Crippen LogP contribution in [0.2, 0.25) is 0 Å². The Morgan fingerprint density at radius 2 is 2.00 bits per heavy atom. The van der Waals surface area contributed by atoms with Gasteiger partial charge in [-0.25, -0.2) is 4.79 Å². The molecular formula is C8H4F3IO4. The molecule has 0 amide bonds. The zero-order valence-corrected chi connectivity index (χ0v) is 9.57. The van der Waals surface area contributed by atoms with E-state index in [1.807, 2.05) is 0 Å². The van der Waals surface area contributed by atoms with Crippen molar-refractivity contribution in [2.24, 2.45) is 0 Å². The molecule has 1 rings (SSSR count). The van der Waals surface area contributed by atoms with Crippen molar-refractivity contribution in [2.75, 3.05) is 0 Å². The van der Waals surface area contributed by atoms with Crippen molar-refractivity contribution in [1.82, 2.24) is 0 Å². The molecule has 16 heavy (non-hydrogen) atoms. The Morgan fingerprint density at radius 3 is 2.44 bits per heavy atom. The molecule has 0 unspecified atom stereocenters. The van der Waals surface area contributed by atoms with Gasteiger partial charge in [-0.15, -0.1) is 13.2 Å². The van der Waals surface area contributed by atoms with Crippen LogP contribution in [0.3, 0.4) is 0 Å². The molecule has 1 aromatic rings. The first-order valence-corrected chi connectivity index (χ1v) is 4.64. The summed E-state index contributed by atoms with van der Waals surface area (Å²) in [6.07, 6.45) is -4.90. The SMILES string of the molecule is O=C(O)c1cccc(OC(F)(F)F)c1OI. The molecule has 0 aromatic heterocycles. The minimum atomic E-state index is -4.90. The second-order valence-electron chi connectivity index (χ2n) is 2.56. The van der Waals surface area contributed by atoms with Crippen molar-refractivity contribution < 1.29 is 30.9 Å². The van der Waals surface area contributed by atoms with Gasteiger partial charge in [-0.05, 0) is 12.1 Å². The van der Waals surface area contributed by atoms with E-state index in [0.29, 0.717) is 0 Å². The molecule has 0 aliphatic heterocycles. The van der Waals surface area contributed by atoms with Crippen LogP contribution < -0.4 is 7.80 Å². The zero-order valence-electron chi connectivity index (χ0n) is 7.42. The van der Waals surface area contributed by atoms with Crippen molar-refractivity contribution in [2.45, 2.75) is 6.36 Å². The lowest BCUT2D eigenvalue weighted by Crippen LogP contribution is -2.18. The van der Waals surface area contributed by atoms with E-state index in [2.05, 4.69) is 7.80 Å². The van der Waals surface area contributed by atoms with Crippen LogP contribution in [0.15, 0.2) is 18.2 Å². The summed E-state index contributed by atoms with van der Waals surface area (Å²) in [5.41, 5.74) is -0.406. The van der Waals surface area contributed by atoms with Gasteiger partial charge in [0.2, 0.25) is 0 Å². The number of hydrogen-bond donors (Lipinski definition) is 1. The molecule has 0 fully saturated rings. The van der Waals surface area contributed by atoms with Crippen LogP contribution in [0.25, 0.3) is 0 Å². The third-order valence-electron chi connectivity index (χ3n) is 1.51. The number of hydrogen-bond acceptors (Lipinski definition) is 3. The molecule has 0 aliphatic carbocycles. The summed E-state index contributed by atoms with van der Waals surface area (Å²) in [7, 11) is 0. The number of aromatic carboxylic acids is 1. The Labute approximate surface area is 102 Å². The molecule has 88 valence electrons. The van der Waals surface area contributed by atoms with Gasteiger partial charge in [0, 0.05) is 0 Å². The van der Waals surface area contributed by atoms with E-state index in [9.17, 15) is 18.0 Å². The largest absolute Gasteiger partial charge is 0.573 e. The average molecular weight is 348 g/mol. The van der Waals surface area contributed by atoms with E-state index in [0.717, 1.165) is 18.2 Å². The maximum atomic E-state index is 12.0. The highest BCUT2D eigenvalue weighted by atomic mass is 127. The minimum Gasteiger partial charge on any atom is -0.478 e. The van der Waals surface area contributed by atoms with Crippen LogP contribution >= 0.6 is 23.0 Å². The summed E-state index contributed by atoms with van der Waals surface area (Å²) in [6.45, 7) is 0. The molecule has 0 aliphatic rings. The fourth-order valence-electron chi connectivity index (χ4n) is 0.969. The quantitative estimate of drug-likeness (QED) is 0.854. The molecule has 0 saturated heterocycles. The van der Waals surface area contributed by atoms with Gasteiger partial charge in [-0.3, -0.25) is 0 Å². The van der Waals surface area contributed by atoms with E-state index in [1.165, 1.54) is 23.0 Å². The molecular weight excluding hydrogens is 344 g/mol. The van der Waals surface area contributed by atoms with E-state index in [4.69, 9.17) is 5.11 Å². The van der Waals surface area contributed by atoms with Crippen molar-refractivity contribution in [3.8, 4) is 11.5 Å². The Kier molecular flexibility index (Phi) is 3.83. The van der Waals surface area contributed by atoms with E-state index in [-0.39, 0.29) is 0 Å². The van der Waals surface area contributed by atoms with Crippen LogP contribution in [-0.4, -0.2) is 17.4 Å². The predicted molar refractivity (Wildman–Crippen MR) is 54.7 cm³/mol. The zero-order chi connectivity index (χ0) is 12.3. The highest BCUT2D eigenvalue weighted by Gasteiger charge is 2.33. The van der Waals surface area contributed by atoms with E-state index >= 15 is 0 Å². The summed E-state index contributed by atoms with van der Waals surface area (Å²) in [5.74, 6) is -2.57. The number of halogens is 4. The minimum absolute atomic E-state index is 0.406. The summed E-state index contributed by atoms with van der Waals surface area (Å²) in [6, 6.07) is 3.21. The van der Waals surface area contributed by atoms with Gasteiger partial charge in [0.1, 0.15) is 5.56 Å². The molecule has 4 nitrogen and oxygen atoms in total. The fourth-order valence-corrected chi connectivity index (χ4v) is 1.42. The highest BCUT2D eigenvalue weighted by molar-refractivity contribution is 14.1. The lowest BCUT2D eigenvalue weighted by atomic mass is 10.2. The second-order valence-corrected chi connectivity index (χ2v) is 3.00. The molecule has 0 atom stereocenters. The number of ether oxygens (including phenoxy) is 1. The van der Waals surface area contributed by atoms with Crippen molar-refractivity contribution in [3.05, 3.63) is 23.8 Å². The molecule has 0 spiro atoms. The predicted octanol–water partition coefficient (Wildman–Crippen LogP) is 3.01. The van der Waals surface area contributed by atoms with Crippen molar-refractivity contribution >= 4 is 29.0 Å². The molecule has 1 aromatic carbocycles. The van der Waals surface area contributed by atoms with Crippen LogP contribution in [0.1, 0.15) is 10.4 Å². The first-order chi connectivity index (χ1) is 7.35. The third kappa shape index (κ3) is 3.15. The second kappa shape index (κ2) is 4.76. The maximum Gasteiger partial charge on any atom is 0.573 e. The Bertz CT molecular complexity index is 405. The summed E-state index contributed by atoms with van der Waals surface area (Å²) >= 11 is 1.28. The first kappa shape index (κ1) is 12.9. The van der Waals surface area contributed by atoms with Gasteiger partial charge in [0.25, 0.3) is 0 Å². The van der Waals surface area contributed by atoms with Crippen molar-refractivity contribution in [1.29, 1.82) is 0 Å². The summed E-state index contributed by atoms with van der Waals surface area (Å²) < 4.78 is 44.1. The Balaban J connectivity index is 3.19. The van der Waals surface area contributed by atoms with Gasteiger partial charge in [0.15, 0.2) is 34.5 Å². The number of alkyl halides is 3. The number of carboxylic acids is 1. The lowest BCUT2D eigenvalue weighted by molar-refractivity contribution is -0.274. The highest BCUT2D eigenvalue weighted by Crippen LogP contribution is 2.36. The summed E-state index contributed by atoms with van der Waals surface area (Å²) in [4.78, 5) is 10.7. The Hall–Kier alpha value is -1.19. The van der Waals surface area contributed by atoms with Crippen LogP contribution in [0, 0.1) is 0 Å². The van der Waals surface area contributed by atoms with Gasteiger partial charge in [0.05, 0.1) is 0 Å². The fraction of sp³-hybridized carbons (Fsp3) is 0.125. The van der Waals surface area contributed by atoms with E-state index in [1.54, 1.807) is 0 Å². The van der Waals surface area contributed by atoms with Crippen molar-refractivity contribution in [3.63, 3.8) is 0 Å². The normalized spacial score (nSPS) is 11.0. The monoisotopic (exact) mass is 348 g/mol. The van der Waals surface area contributed by atoms with E-state index < -0.39 is 29.4 Å². The van der Waals surface area contributed by atoms with Crippen LogP contribution in [-0.2, 0) is 0 Å². The van der Waals surface area contributed by atoms with Gasteiger partial charge >= 0.3 is 12.3 Å². The van der Waals surface area contributed by atoms with Gasteiger partial charge < -0.3 is 12.9 Å². The molecule has 0 radical (unpaired) electrons. The van der Waals surface area contributed by atoms with Crippen LogP contribution in [0.5, 0.6) is 11.5 Å². The molecule has 1 N–H and O–H groups in total. The summed E-state index contributed by atoms with van der Waals surface area (Å²) in [5, 5.41) is 8.70. The number of para-hydroxylation sites is 1. The number of carbonyl (C=O) groups is 1. The Morgan fingerprint density at radius 1 is 1.38 bits per heavy atom.